The molecule has 5 heteroatoms. The number of benzene rings is 1. The number of nitrogens with zero attached hydrogens (tertiary/aromatic N) is 1. The van der Waals surface area contributed by atoms with Crippen molar-refractivity contribution in [2.24, 2.45) is 11.8 Å². The number of fused-ring (bicyclic) bond motifs is 1. The lowest BCUT2D eigenvalue weighted by atomic mass is 9.85. The number of carbonyl (C=O) groups excluding carboxylic acids is 3. The van der Waals surface area contributed by atoms with Crippen molar-refractivity contribution in [1.29, 1.82) is 0 Å². The van der Waals surface area contributed by atoms with E-state index in [0.29, 0.717) is 18.5 Å². The molecule has 1 aliphatic carbocycles. The van der Waals surface area contributed by atoms with Gasteiger partial charge in [0.05, 0.1) is 11.8 Å². The van der Waals surface area contributed by atoms with Crippen LogP contribution >= 0.6 is 0 Å². The Labute approximate surface area is 154 Å². The van der Waals surface area contributed by atoms with Crippen LogP contribution in [0.15, 0.2) is 36.4 Å². The van der Waals surface area contributed by atoms with Gasteiger partial charge in [-0.3, -0.25) is 19.3 Å². The fourth-order valence-corrected chi connectivity index (χ4v) is 3.63. The van der Waals surface area contributed by atoms with E-state index in [0.717, 1.165) is 4.90 Å². The van der Waals surface area contributed by atoms with Crippen LogP contribution in [-0.2, 0) is 19.8 Å². The quantitative estimate of drug-likeness (QED) is 0.669. The predicted molar refractivity (Wildman–Crippen MR) is 100 cm³/mol. The predicted octanol–water partition coefficient (Wildman–Crippen LogP) is 3.26. The second-order valence-corrected chi connectivity index (χ2v) is 8.19. The molecule has 26 heavy (non-hydrogen) atoms. The first kappa shape index (κ1) is 18.4. The van der Waals surface area contributed by atoms with E-state index in [9.17, 15) is 14.4 Å². The van der Waals surface area contributed by atoms with Crippen molar-refractivity contribution < 1.29 is 14.4 Å². The van der Waals surface area contributed by atoms with E-state index in [1.807, 2.05) is 36.4 Å². The Morgan fingerprint density at radius 2 is 1.54 bits per heavy atom. The van der Waals surface area contributed by atoms with Gasteiger partial charge in [0.2, 0.25) is 17.7 Å². The number of likely N-dealkylation sites (tertiary alicyclic amines) is 1. The van der Waals surface area contributed by atoms with Gasteiger partial charge in [0.15, 0.2) is 0 Å². The molecule has 0 unspecified atom stereocenters. The Hall–Kier alpha value is -2.43. The van der Waals surface area contributed by atoms with Crippen molar-refractivity contribution in [1.82, 2.24) is 4.90 Å². The number of carbonyl (C=O) groups is 3. The van der Waals surface area contributed by atoms with Crippen LogP contribution in [0.2, 0.25) is 0 Å². The molecule has 1 N–H and O–H groups in total. The van der Waals surface area contributed by atoms with Crippen molar-refractivity contribution in [2.75, 3.05) is 5.32 Å². The summed E-state index contributed by atoms with van der Waals surface area (Å²) in [4.78, 5) is 38.9. The van der Waals surface area contributed by atoms with Crippen molar-refractivity contribution in [3.8, 4) is 0 Å². The lowest BCUT2D eigenvalue weighted by Crippen LogP contribution is -2.46. The van der Waals surface area contributed by atoms with E-state index in [2.05, 4.69) is 26.1 Å². The van der Waals surface area contributed by atoms with Gasteiger partial charge in [-0.1, -0.05) is 45.1 Å². The average molecular weight is 354 g/mol. The maximum Gasteiger partial charge on any atom is 0.247 e. The highest BCUT2D eigenvalue weighted by Crippen LogP contribution is 2.36. The van der Waals surface area contributed by atoms with Gasteiger partial charge in [-0.25, -0.2) is 0 Å². The van der Waals surface area contributed by atoms with Gasteiger partial charge in [0.1, 0.15) is 6.04 Å². The van der Waals surface area contributed by atoms with Gasteiger partial charge < -0.3 is 5.32 Å². The topological polar surface area (TPSA) is 66.5 Å². The minimum absolute atomic E-state index is 0.0363. The lowest BCUT2D eigenvalue weighted by molar-refractivity contribution is -0.146. The summed E-state index contributed by atoms with van der Waals surface area (Å²) < 4.78 is 0. The molecule has 1 fully saturated rings. The van der Waals surface area contributed by atoms with Gasteiger partial charge in [-0.2, -0.15) is 0 Å². The van der Waals surface area contributed by atoms with Crippen LogP contribution in [-0.4, -0.2) is 28.7 Å². The molecule has 0 aromatic heterocycles. The Kier molecular flexibility index (Phi) is 4.74. The largest absolute Gasteiger partial charge is 0.324 e. The Morgan fingerprint density at radius 3 is 2.00 bits per heavy atom. The first-order valence-electron chi connectivity index (χ1n) is 9.13. The molecule has 1 heterocycles. The molecule has 2 aliphatic rings. The summed E-state index contributed by atoms with van der Waals surface area (Å²) in [6.45, 7) is 7.99. The zero-order chi connectivity index (χ0) is 19.1. The second kappa shape index (κ2) is 6.71. The number of allylic oxidation sites excluding steroid dienone is 2. The Bertz CT molecular complexity index is 732. The van der Waals surface area contributed by atoms with Crippen molar-refractivity contribution in [3.63, 3.8) is 0 Å². The van der Waals surface area contributed by atoms with E-state index < -0.39 is 6.04 Å². The van der Waals surface area contributed by atoms with Gasteiger partial charge in [-0.05, 0) is 42.9 Å². The molecule has 3 atom stereocenters. The zero-order valence-electron chi connectivity index (χ0n) is 15.8. The Morgan fingerprint density at radius 1 is 1.04 bits per heavy atom. The summed E-state index contributed by atoms with van der Waals surface area (Å²) in [5.41, 5.74) is 1.87. The minimum atomic E-state index is -0.817. The van der Waals surface area contributed by atoms with Crippen LogP contribution in [0.3, 0.4) is 0 Å². The van der Waals surface area contributed by atoms with E-state index in [1.54, 1.807) is 6.92 Å². The number of amides is 3. The number of nitrogens with one attached hydrogen (secondary N) is 1. The van der Waals surface area contributed by atoms with Crippen molar-refractivity contribution in [3.05, 3.63) is 42.0 Å². The zero-order valence-corrected chi connectivity index (χ0v) is 15.8. The van der Waals surface area contributed by atoms with Crippen LogP contribution < -0.4 is 5.32 Å². The van der Waals surface area contributed by atoms with E-state index in [4.69, 9.17) is 0 Å². The van der Waals surface area contributed by atoms with Crippen LogP contribution in [0.5, 0.6) is 0 Å². The molecule has 1 aliphatic heterocycles. The van der Waals surface area contributed by atoms with Gasteiger partial charge in [-0.15, -0.1) is 0 Å². The lowest BCUT2D eigenvalue weighted by Gasteiger charge is -2.23. The van der Waals surface area contributed by atoms with Crippen LogP contribution in [0, 0.1) is 11.8 Å². The van der Waals surface area contributed by atoms with Gasteiger partial charge in [0.25, 0.3) is 0 Å². The van der Waals surface area contributed by atoms with E-state index in [1.165, 1.54) is 5.56 Å². The third-order valence-corrected chi connectivity index (χ3v) is 5.33. The first-order valence-corrected chi connectivity index (χ1v) is 9.13. The molecular weight excluding hydrogens is 328 g/mol. The van der Waals surface area contributed by atoms with Gasteiger partial charge in [0, 0.05) is 5.69 Å². The molecule has 3 rings (SSSR count). The monoisotopic (exact) mass is 354 g/mol. The van der Waals surface area contributed by atoms with E-state index in [-0.39, 0.29) is 35.0 Å². The fraction of sp³-hybridized carbons (Fsp3) is 0.476. The molecule has 3 amide bonds. The molecule has 138 valence electrons. The molecule has 1 saturated heterocycles. The maximum atomic E-state index is 12.6. The molecular formula is C21H26N2O3. The fourth-order valence-electron chi connectivity index (χ4n) is 3.63. The first-order chi connectivity index (χ1) is 12.2. The summed E-state index contributed by atoms with van der Waals surface area (Å²) in [6.07, 6.45) is 5.04. The van der Waals surface area contributed by atoms with Crippen molar-refractivity contribution >= 4 is 23.4 Å². The molecule has 0 radical (unpaired) electrons. The summed E-state index contributed by atoms with van der Waals surface area (Å²) in [5, 5.41) is 2.82. The average Bonchev–Trinajstić information content (AvgIpc) is 2.85. The summed E-state index contributed by atoms with van der Waals surface area (Å²) >= 11 is 0. The smallest absolute Gasteiger partial charge is 0.247 e. The molecule has 1 aromatic rings. The molecule has 0 saturated carbocycles. The highest BCUT2D eigenvalue weighted by atomic mass is 16.2. The van der Waals surface area contributed by atoms with Gasteiger partial charge >= 0.3 is 0 Å². The number of imide groups is 1. The number of hydrogen-bond acceptors (Lipinski definition) is 3. The van der Waals surface area contributed by atoms with Crippen LogP contribution in [0.1, 0.15) is 46.1 Å². The number of rotatable bonds is 3. The highest BCUT2D eigenvalue weighted by Gasteiger charge is 2.50. The van der Waals surface area contributed by atoms with Crippen LogP contribution in [0.25, 0.3) is 0 Å². The minimum Gasteiger partial charge on any atom is -0.324 e. The van der Waals surface area contributed by atoms with E-state index >= 15 is 0 Å². The normalized spacial score (nSPS) is 23.8. The molecule has 0 spiro atoms. The second-order valence-electron chi connectivity index (χ2n) is 8.19. The molecule has 1 aromatic carbocycles. The summed E-state index contributed by atoms with van der Waals surface area (Å²) in [6, 6.07) is 6.84. The molecule has 5 nitrogen and oxygen atoms in total. The summed E-state index contributed by atoms with van der Waals surface area (Å²) in [7, 11) is 0. The third-order valence-electron chi connectivity index (χ3n) is 5.33. The maximum absolute atomic E-state index is 12.6. The highest BCUT2D eigenvalue weighted by molar-refractivity contribution is 6.10. The summed E-state index contributed by atoms with van der Waals surface area (Å²) in [5.74, 6) is -1.42. The van der Waals surface area contributed by atoms with Crippen molar-refractivity contribution in [2.45, 2.75) is 52.0 Å². The molecule has 0 bridgehead atoms. The SMILES string of the molecule is C[C@@H](C(=O)Nc1ccc(C(C)(C)C)cc1)N1C(=O)[C@H]2CC=CC[C@@H]2C1=O. The third kappa shape index (κ3) is 3.30. The Balaban J connectivity index is 1.70. The van der Waals surface area contributed by atoms with Crippen LogP contribution in [0.4, 0.5) is 5.69 Å². The number of hydrogen-bond donors (Lipinski definition) is 1. The standard InChI is InChI=1S/C21H26N2O3/c1-13(23-19(25)16-7-5-6-8-17(16)20(23)26)18(24)22-15-11-9-14(10-12-15)21(2,3)4/h5-6,9-13,16-17H,7-8H2,1-4H3,(H,22,24)/t13-,16-,17-/m0/s1. The number of anilines is 1.